The van der Waals surface area contributed by atoms with E-state index in [1.807, 2.05) is 0 Å². The number of benzene rings is 1. The van der Waals surface area contributed by atoms with Crippen LogP contribution in [0.5, 0.6) is 0 Å². The molecule has 4 nitrogen and oxygen atoms in total. The number of hydrogen-bond acceptors (Lipinski definition) is 3. The normalized spacial score (nSPS) is 12.0. The predicted octanol–water partition coefficient (Wildman–Crippen LogP) is 3.87. The molecule has 21 heavy (non-hydrogen) atoms. The minimum atomic E-state index is -4.42. The first-order chi connectivity index (χ1) is 9.77. The molecule has 0 unspecified atom stereocenters. The lowest BCUT2D eigenvalue weighted by Gasteiger charge is -2.06. The summed E-state index contributed by atoms with van der Waals surface area (Å²) >= 11 is 0. The number of rotatable bonds is 3. The van der Waals surface area contributed by atoms with Gasteiger partial charge in [0.25, 0.3) is 0 Å². The third-order valence-electron chi connectivity index (χ3n) is 2.65. The molecule has 0 aliphatic carbocycles. The van der Waals surface area contributed by atoms with Gasteiger partial charge in [0, 0.05) is 6.08 Å². The molecule has 2 aromatic rings. The number of carboxylic acids is 1. The van der Waals surface area contributed by atoms with E-state index in [-0.39, 0.29) is 17.3 Å². The minimum absolute atomic E-state index is 0.0160. The van der Waals surface area contributed by atoms with Crippen molar-refractivity contribution in [2.45, 2.75) is 13.1 Å². The van der Waals surface area contributed by atoms with Gasteiger partial charge < -0.3 is 9.52 Å². The number of hydrogen-bond donors (Lipinski definition) is 1. The van der Waals surface area contributed by atoms with Crippen LogP contribution in [0.2, 0.25) is 0 Å². The Hall–Kier alpha value is -2.57. The third kappa shape index (κ3) is 3.50. The summed E-state index contributed by atoms with van der Waals surface area (Å²) in [7, 11) is 0. The SMILES string of the molecule is Cc1oc(/C=C/c2cccc(C(F)(F)F)c2)nc1C(=O)O. The standard InChI is InChI=1S/C14H10F3NO3/c1-8-12(13(19)20)18-11(21-8)6-5-9-3-2-4-10(7-9)14(15,16)17/h2-7H,1H3,(H,19,20)/b6-5+. The Bertz CT molecular complexity index is 702. The number of aromatic nitrogens is 1. The summed E-state index contributed by atoms with van der Waals surface area (Å²) in [5.41, 5.74) is -0.685. The molecule has 0 bridgehead atoms. The van der Waals surface area contributed by atoms with Gasteiger partial charge >= 0.3 is 12.1 Å². The summed E-state index contributed by atoms with van der Waals surface area (Å²) in [6.45, 7) is 1.44. The fourth-order valence-corrected chi connectivity index (χ4v) is 1.67. The molecule has 1 aromatic heterocycles. The lowest BCUT2D eigenvalue weighted by molar-refractivity contribution is -0.137. The fourth-order valence-electron chi connectivity index (χ4n) is 1.67. The maximum absolute atomic E-state index is 12.6. The lowest BCUT2D eigenvalue weighted by Crippen LogP contribution is -2.04. The van der Waals surface area contributed by atoms with Gasteiger partial charge in [-0.15, -0.1) is 0 Å². The average Bonchev–Trinajstić information content (AvgIpc) is 2.77. The number of nitrogens with zero attached hydrogens (tertiary/aromatic N) is 1. The molecule has 7 heteroatoms. The van der Waals surface area contributed by atoms with Gasteiger partial charge in [-0.1, -0.05) is 12.1 Å². The Morgan fingerprint density at radius 2 is 2.05 bits per heavy atom. The van der Waals surface area contributed by atoms with E-state index >= 15 is 0 Å². The Kier molecular flexibility index (Phi) is 3.84. The van der Waals surface area contributed by atoms with Crippen LogP contribution in [0.4, 0.5) is 13.2 Å². The average molecular weight is 297 g/mol. The summed E-state index contributed by atoms with van der Waals surface area (Å²) < 4.78 is 42.8. The highest BCUT2D eigenvalue weighted by Gasteiger charge is 2.30. The molecule has 1 aromatic carbocycles. The van der Waals surface area contributed by atoms with Gasteiger partial charge in [-0.25, -0.2) is 9.78 Å². The van der Waals surface area contributed by atoms with Gasteiger partial charge in [0.05, 0.1) is 5.56 Å². The van der Waals surface area contributed by atoms with Crippen molar-refractivity contribution in [2.75, 3.05) is 0 Å². The van der Waals surface area contributed by atoms with Crippen LogP contribution >= 0.6 is 0 Å². The summed E-state index contributed by atoms with van der Waals surface area (Å²) in [5.74, 6) is -1.08. The van der Waals surface area contributed by atoms with Crippen molar-refractivity contribution in [1.29, 1.82) is 0 Å². The van der Waals surface area contributed by atoms with Gasteiger partial charge in [-0.3, -0.25) is 0 Å². The summed E-state index contributed by atoms with van der Waals surface area (Å²) in [6, 6.07) is 4.71. The lowest BCUT2D eigenvalue weighted by atomic mass is 10.1. The monoisotopic (exact) mass is 297 g/mol. The van der Waals surface area contributed by atoms with Crippen LogP contribution in [-0.2, 0) is 6.18 Å². The number of aromatic carboxylic acids is 1. The zero-order valence-corrected chi connectivity index (χ0v) is 10.8. The van der Waals surface area contributed by atoms with E-state index in [9.17, 15) is 18.0 Å². The Morgan fingerprint density at radius 3 is 2.62 bits per heavy atom. The molecule has 0 fully saturated rings. The van der Waals surface area contributed by atoms with Gasteiger partial charge in [0.1, 0.15) is 5.76 Å². The number of alkyl halides is 3. The largest absolute Gasteiger partial charge is 0.476 e. The molecule has 0 saturated heterocycles. The van der Waals surface area contributed by atoms with Crippen LogP contribution in [0.1, 0.15) is 33.3 Å². The van der Waals surface area contributed by atoms with Crippen molar-refractivity contribution in [1.82, 2.24) is 4.98 Å². The molecule has 1 heterocycles. The number of halogens is 3. The van der Waals surface area contributed by atoms with E-state index < -0.39 is 17.7 Å². The van der Waals surface area contributed by atoms with E-state index in [1.54, 1.807) is 0 Å². The first kappa shape index (κ1) is 14.8. The second kappa shape index (κ2) is 5.43. The second-order valence-corrected chi connectivity index (χ2v) is 4.22. The summed E-state index contributed by atoms with van der Waals surface area (Å²) in [4.78, 5) is 14.5. The third-order valence-corrected chi connectivity index (χ3v) is 2.65. The first-order valence-electron chi connectivity index (χ1n) is 5.83. The van der Waals surface area contributed by atoms with Crippen molar-refractivity contribution in [2.24, 2.45) is 0 Å². The summed E-state index contributed by atoms with van der Waals surface area (Å²) in [6.07, 6.45) is -1.74. The fraction of sp³-hybridized carbons (Fsp3) is 0.143. The number of aryl methyl sites for hydroxylation is 1. The molecule has 110 valence electrons. The molecule has 0 aliphatic heterocycles. The van der Waals surface area contributed by atoms with E-state index in [0.717, 1.165) is 12.1 Å². The second-order valence-electron chi connectivity index (χ2n) is 4.22. The number of carbonyl (C=O) groups is 1. The molecule has 0 amide bonds. The predicted molar refractivity (Wildman–Crippen MR) is 68.6 cm³/mol. The summed E-state index contributed by atoms with van der Waals surface area (Å²) in [5, 5.41) is 8.82. The van der Waals surface area contributed by atoms with Crippen molar-refractivity contribution in [3.8, 4) is 0 Å². The quantitative estimate of drug-likeness (QED) is 0.934. The van der Waals surface area contributed by atoms with Gasteiger partial charge in [-0.05, 0) is 30.7 Å². The Labute approximate surface area is 117 Å². The molecule has 0 spiro atoms. The molecular formula is C14H10F3NO3. The Balaban J connectivity index is 2.26. The van der Waals surface area contributed by atoms with E-state index in [0.29, 0.717) is 5.56 Å². The minimum Gasteiger partial charge on any atom is -0.476 e. The molecule has 0 aliphatic rings. The van der Waals surface area contributed by atoms with Gasteiger partial charge in [0.2, 0.25) is 5.89 Å². The highest BCUT2D eigenvalue weighted by atomic mass is 19.4. The van der Waals surface area contributed by atoms with Crippen LogP contribution in [0.25, 0.3) is 12.2 Å². The van der Waals surface area contributed by atoms with Crippen LogP contribution in [-0.4, -0.2) is 16.1 Å². The number of oxazole rings is 1. The molecule has 2 rings (SSSR count). The van der Waals surface area contributed by atoms with Gasteiger partial charge in [0.15, 0.2) is 5.69 Å². The highest BCUT2D eigenvalue weighted by Crippen LogP contribution is 2.29. The van der Waals surface area contributed by atoms with Crippen LogP contribution in [0, 0.1) is 6.92 Å². The van der Waals surface area contributed by atoms with E-state index in [2.05, 4.69) is 4.98 Å². The topological polar surface area (TPSA) is 63.3 Å². The smallest absolute Gasteiger partial charge is 0.416 e. The van der Waals surface area contributed by atoms with Crippen LogP contribution in [0.3, 0.4) is 0 Å². The van der Waals surface area contributed by atoms with E-state index in [1.165, 1.54) is 31.2 Å². The van der Waals surface area contributed by atoms with Crippen molar-refractivity contribution < 1.29 is 27.5 Å². The zero-order valence-electron chi connectivity index (χ0n) is 10.8. The maximum Gasteiger partial charge on any atom is 0.416 e. The van der Waals surface area contributed by atoms with Crippen molar-refractivity contribution >= 4 is 18.1 Å². The molecule has 0 atom stereocenters. The molecule has 0 radical (unpaired) electrons. The Morgan fingerprint density at radius 1 is 1.33 bits per heavy atom. The molecule has 1 N–H and O–H groups in total. The maximum atomic E-state index is 12.6. The van der Waals surface area contributed by atoms with Crippen molar-refractivity contribution in [3.05, 3.63) is 52.7 Å². The molecular weight excluding hydrogens is 287 g/mol. The van der Waals surface area contributed by atoms with Crippen LogP contribution < -0.4 is 0 Å². The highest BCUT2D eigenvalue weighted by molar-refractivity contribution is 5.86. The van der Waals surface area contributed by atoms with Gasteiger partial charge in [-0.2, -0.15) is 13.2 Å². The molecule has 0 saturated carbocycles. The first-order valence-corrected chi connectivity index (χ1v) is 5.83. The number of carboxylic acid groups (broad SMARTS) is 1. The van der Waals surface area contributed by atoms with Crippen LogP contribution in [0.15, 0.2) is 28.7 Å². The zero-order chi connectivity index (χ0) is 15.6. The van der Waals surface area contributed by atoms with Crippen molar-refractivity contribution in [3.63, 3.8) is 0 Å². The van der Waals surface area contributed by atoms with E-state index in [4.69, 9.17) is 9.52 Å².